The second-order valence-electron chi connectivity index (χ2n) is 4.14. The molecule has 0 aliphatic rings. The Morgan fingerprint density at radius 3 is 2.89 bits per heavy atom. The molecule has 1 N–H and O–H groups in total. The van der Waals surface area contributed by atoms with E-state index in [4.69, 9.17) is 11.6 Å². The van der Waals surface area contributed by atoms with Gasteiger partial charge >= 0.3 is 0 Å². The third-order valence-electron chi connectivity index (χ3n) is 2.57. The Balaban J connectivity index is 2.11. The van der Waals surface area contributed by atoms with Crippen LogP contribution < -0.4 is 5.32 Å². The van der Waals surface area contributed by atoms with Crippen LogP contribution in [0.25, 0.3) is 10.6 Å². The zero-order valence-corrected chi connectivity index (χ0v) is 12.1. The van der Waals surface area contributed by atoms with Gasteiger partial charge in [-0.25, -0.2) is 0 Å². The van der Waals surface area contributed by atoms with E-state index < -0.39 is 0 Å². The average molecular weight is 282 g/mol. The average Bonchev–Trinajstić information content (AvgIpc) is 2.82. The largest absolute Gasteiger partial charge is 0.310 e. The van der Waals surface area contributed by atoms with E-state index in [2.05, 4.69) is 22.4 Å². The minimum absolute atomic E-state index is 0.785. The van der Waals surface area contributed by atoms with Gasteiger partial charge in [-0.3, -0.25) is 0 Å². The van der Waals surface area contributed by atoms with Crippen molar-refractivity contribution < 1.29 is 0 Å². The van der Waals surface area contributed by atoms with E-state index in [9.17, 15) is 0 Å². The normalized spacial score (nSPS) is 10.8. The number of hydrogen-bond acceptors (Lipinski definition) is 4. The molecule has 1 aromatic heterocycles. The third-order valence-corrected chi connectivity index (χ3v) is 3.97. The molecule has 3 nitrogen and oxygen atoms in total. The van der Waals surface area contributed by atoms with Crippen LogP contribution in [0, 0.1) is 6.92 Å². The number of nitrogens with one attached hydrogen (secondary N) is 1. The number of hydrogen-bond donors (Lipinski definition) is 1. The number of rotatable bonds is 5. The van der Waals surface area contributed by atoms with E-state index in [1.165, 1.54) is 0 Å². The smallest absolute Gasteiger partial charge is 0.147 e. The molecule has 0 bridgehead atoms. The van der Waals surface area contributed by atoms with Crippen molar-refractivity contribution in [2.45, 2.75) is 26.8 Å². The SMILES string of the molecule is CCCNCc1nnc(-c2ccc(Cl)c(C)c2)s1. The first-order valence-corrected chi connectivity index (χ1v) is 7.19. The summed E-state index contributed by atoms with van der Waals surface area (Å²) in [6, 6.07) is 5.94. The monoisotopic (exact) mass is 281 g/mol. The molecule has 0 saturated heterocycles. The summed E-state index contributed by atoms with van der Waals surface area (Å²) in [6.45, 7) is 5.94. The van der Waals surface area contributed by atoms with Gasteiger partial charge in [-0.15, -0.1) is 10.2 Å². The van der Waals surface area contributed by atoms with Crippen molar-refractivity contribution in [1.29, 1.82) is 0 Å². The van der Waals surface area contributed by atoms with Gasteiger partial charge in [-0.1, -0.05) is 35.9 Å². The maximum Gasteiger partial charge on any atom is 0.147 e. The maximum absolute atomic E-state index is 6.02. The molecule has 2 rings (SSSR count). The summed E-state index contributed by atoms with van der Waals surface area (Å²) in [7, 11) is 0. The summed E-state index contributed by atoms with van der Waals surface area (Å²) in [6.07, 6.45) is 1.13. The molecule has 0 spiro atoms. The first kappa shape index (κ1) is 13.5. The second-order valence-corrected chi connectivity index (χ2v) is 5.61. The Morgan fingerprint density at radius 1 is 1.33 bits per heavy atom. The molecule has 0 saturated carbocycles. The Kier molecular flexibility index (Phi) is 4.69. The Morgan fingerprint density at radius 2 is 2.17 bits per heavy atom. The van der Waals surface area contributed by atoms with E-state index in [-0.39, 0.29) is 0 Å². The number of halogens is 1. The lowest BCUT2D eigenvalue weighted by molar-refractivity contribution is 0.668. The molecule has 0 unspecified atom stereocenters. The van der Waals surface area contributed by atoms with Crippen LogP contribution in [0.15, 0.2) is 18.2 Å². The number of benzene rings is 1. The molecule has 1 aromatic carbocycles. The highest BCUT2D eigenvalue weighted by Gasteiger charge is 2.07. The van der Waals surface area contributed by atoms with Crippen LogP contribution in [0.5, 0.6) is 0 Å². The highest BCUT2D eigenvalue weighted by atomic mass is 35.5. The van der Waals surface area contributed by atoms with Crippen LogP contribution in [-0.2, 0) is 6.54 Å². The van der Waals surface area contributed by atoms with E-state index >= 15 is 0 Å². The fourth-order valence-electron chi connectivity index (χ4n) is 1.59. The maximum atomic E-state index is 6.02. The van der Waals surface area contributed by atoms with Crippen molar-refractivity contribution >= 4 is 22.9 Å². The van der Waals surface area contributed by atoms with Gasteiger partial charge in [-0.05, 0) is 37.6 Å². The highest BCUT2D eigenvalue weighted by molar-refractivity contribution is 7.14. The van der Waals surface area contributed by atoms with Crippen molar-refractivity contribution in [1.82, 2.24) is 15.5 Å². The zero-order valence-electron chi connectivity index (χ0n) is 10.5. The number of aryl methyl sites for hydroxylation is 1. The summed E-state index contributed by atoms with van der Waals surface area (Å²) in [5, 5.41) is 14.5. The predicted molar refractivity (Wildman–Crippen MR) is 77.1 cm³/mol. The molecule has 1 heterocycles. The lowest BCUT2D eigenvalue weighted by Crippen LogP contribution is -2.13. The molecule has 18 heavy (non-hydrogen) atoms. The van der Waals surface area contributed by atoms with Crippen LogP contribution in [0.3, 0.4) is 0 Å². The van der Waals surface area contributed by atoms with E-state index in [1.807, 2.05) is 25.1 Å². The van der Waals surface area contributed by atoms with Gasteiger partial charge < -0.3 is 5.32 Å². The minimum Gasteiger partial charge on any atom is -0.310 e. The molecule has 0 amide bonds. The quantitative estimate of drug-likeness (QED) is 0.850. The number of aromatic nitrogens is 2. The lowest BCUT2D eigenvalue weighted by Gasteiger charge is -2.00. The van der Waals surface area contributed by atoms with Crippen molar-refractivity contribution in [2.24, 2.45) is 0 Å². The van der Waals surface area contributed by atoms with Crippen LogP contribution in [0.2, 0.25) is 5.02 Å². The summed E-state index contributed by atoms with van der Waals surface area (Å²) < 4.78 is 0. The van der Waals surface area contributed by atoms with Crippen LogP contribution in [-0.4, -0.2) is 16.7 Å². The number of nitrogens with zero attached hydrogens (tertiary/aromatic N) is 2. The molecule has 0 aliphatic heterocycles. The molecule has 0 fully saturated rings. The van der Waals surface area contributed by atoms with E-state index in [0.717, 1.165) is 45.7 Å². The molecule has 0 radical (unpaired) electrons. The van der Waals surface area contributed by atoms with Gasteiger partial charge in [0, 0.05) is 17.1 Å². The fourth-order valence-corrected chi connectivity index (χ4v) is 2.51. The second kappa shape index (κ2) is 6.27. The van der Waals surface area contributed by atoms with Crippen molar-refractivity contribution in [3.63, 3.8) is 0 Å². The molecule has 96 valence electrons. The molecule has 0 aliphatic carbocycles. The standard InChI is InChI=1S/C13H16ClN3S/c1-3-6-15-8-12-16-17-13(18-12)10-4-5-11(14)9(2)7-10/h4-5,7,15H,3,6,8H2,1-2H3. The van der Waals surface area contributed by atoms with Gasteiger partial charge in [-0.2, -0.15) is 0 Å². The molecular formula is C13H16ClN3S. The van der Waals surface area contributed by atoms with Gasteiger partial charge in [0.25, 0.3) is 0 Å². The zero-order chi connectivity index (χ0) is 13.0. The predicted octanol–water partition coefficient (Wildman–Crippen LogP) is 3.67. The van der Waals surface area contributed by atoms with E-state index in [1.54, 1.807) is 11.3 Å². The Labute approximate surface area is 116 Å². The molecular weight excluding hydrogens is 266 g/mol. The minimum atomic E-state index is 0.785. The van der Waals surface area contributed by atoms with Crippen LogP contribution in [0.4, 0.5) is 0 Å². The van der Waals surface area contributed by atoms with Crippen molar-refractivity contribution in [3.05, 3.63) is 33.8 Å². The van der Waals surface area contributed by atoms with Gasteiger partial charge in [0.15, 0.2) is 0 Å². The summed E-state index contributed by atoms with van der Waals surface area (Å²) in [5.74, 6) is 0. The fraction of sp³-hybridized carbons (Fsp3) is 0.385. The van der Waals surface area contributed by atoms with E-state index in [0.29, 0.717) is 0 Å². The first-order chi connectivity index (χ1) is 8.70. The van der Waals surface area contributed by atoms with Gasteiger partial charge in [0.1, 0.15) is 10.0 Å². The van der Waals surface area contributed by atoms with Crippen LogP contribution in [0.1, 0.15) is 23.9 Å². The van der Waals surface area contributed by atoms with Crippen molar-refractivity contribution in [3.8, 4) is 10.6 Å². The lowest BCUT2D eigenvalue weighted by atomic mass is 10.1. The topological polar surface area (TPSA) is 37.8 Å². The highest BCUT2D eigenvalue weighted by Crippen LogP contribution is 2.27. The van der Waals surface area contributed by atoms with Crippen molar-refractivity contribution in [2.75, 3.05) is 6.54 Å². The molecule has 0 atom stereocenters. The van der Waals surface area contributed by atoms with Gasteiger partial charge in [0.2, 0.25) is 0 Å². The summed E-state index contributed by atoms with van der Waals surface area (Å²) in [4.78, 5) is 0. The summed E-state index contributed by atoms with van der Waals surface area (Å²) in [5.41, 5.74) is 2.14. The first-order valence-electron chi connectivity index (χ1n) is 6.00. The van der Waals surface area contributed by atoms with Gasteiger partial charge in [0.05, 0.1) is 0 Å². The third kappa shape index (κ3) is 3.28. The summed E-state index contributed by atoms with van der Waals surface area (Å²) >= 11 is 7.64. The molecule has 2 aromatic rings. The Hall–Kier alpha value is -0.970. The van der Waals surface area contributed by atoms with Crippen LogP contribution >= 0.6 is 22.9 Å². The molecule has 5 heteroatoms. The Bertz CT molecular complexity index is 525.